The van der Waals surface area contributed by atoms with E-state index in [1.807, 2.05) is 6.07 Å². The highest BCUT2D eigenvalue weighted by atomic mass is 16.6. The second-order valence-corrected chi connectivity index (χ2v) is 9.79. The first-order chi connectivity index (χ1) is 14.5. The molecule has 4 aliphatic rings. The monoisotopic (exact) mass is 413 g/mol. The number of fused-ring (bicyclic) bond motifs is 2. The van der Waals surface area contributed by atoms with Gasteiger partial charge in [0, 0.05) is 30.1 Å². The number of hydrogen-bond donors (Lipinski definition) is 2. The van der Waals surface area contributed by atoms with Crippen LogP contribution in [-0.4, -0.2) is 66.0 Å². The van der Waals surface area contributed by atoms with E-state index in [9.17, 15) is 9.90 Å². The summed E-state index contributed by atoms with van der Waals surface area (Å²) in [5.74, 6) is 0.778. The number of ether oxygens (including phenoxy) is 1. The van der Waals surface area contributed by atoms with Gasteiger partial charge in [-0.1, -0.05) is 25.5 Å². The van der Waals surface area contributed by atoms with Gasteiger partial charge in [-0.15, -0.1) is 0 Å². The minimum absolute atomic E-state index is 0.0943. The van der Waals surface area contributed by atoms with Crippen LogP contribution in [0.15, 0.2) is 30.1 Å². The van der Waals surface area contributed by atoms with Crippen LogP contribution in [0.4, 0.5) is 5.95 Å². The lowest BCUT2D eigenvalue weighted by atomic mass is 9.55. The van der Waals surface area contributed by atoms with Gasteiger partial charge in [0.2, 0.25) is 5.95 Å². The number of rotatable bonds is 3. The van der Waals surface area contributed by atoms with Gasteiger partial charge in [0.25, 0.3) is 0 Å². The molecule has 2 N–H and O–H groups in total. The quantitative estimate of drug-likeness (QED) is 0.554. The zero-order valence-corrected chi connectivity index (χ0v) is 18.0. The maximum absolute atomic E-state index is 12.8. The van der Waals surface area contributed by atoms with Crippen molar-refractivity contribution in [2.24, 2.45) is 23.2 Å². The van der Waals surface area contributed by atoms with E-state index in [1.165, 1.54) is 10.5 Å². The summed E-state index contributed by atoms with van der Waals surface area (Å²) < 4.78 is 5.83. The Morgan fingerprint density at radius 3 is 2.77 bits per heavy atom. The van der Waals surface area contributed by atoms with Crippen molar-refractivity contribution >= 4 is 11.9 Å². The molecule has 3 heterocycles. The Morgan fingerprint density at radius 2 is 2.03 bits per heavy atom. The molecule has 2 aliphatic heterocycles. The minimum Gasteiger partial charge on any atom is -0.461 e. The highest BCUT2D eigenvalue weighted by molar-refractivity contribution is 5.76. The molecule has 7 heteroatoms. The van der Waals surface area contributed by atoms with Crippen LogP contribution in [0.5, 0.6) is 0 Å². The number of aromatic nitrogens is 2. The molecule has 0 spiro atoms. The SMILES string of the molecule is C[C@H]1CCC=C2C[C@H]3OC(=O)[C@H](C[NH+]4CCN(c5ncccn5)CC4)[C@H]3[C@H](O)[C@@]21C. The molecule has 3 fully saturated rings. The zero-order chi connectivity index (χ0) is 20.9. The molecule has 2 aliphatic carbocycles. The number of carbonyl (C=O) groups is 1. The van der Waals surface area contributed by atoms with Crippen molar-refractivity contribution in [3.05, 3.63) is 30.1 Å². The molecule has 0 bridgehead atoms. The molecular formula is C23H33N4O3+. The van der Waals surface area contributed by atoms with E-state index >= 15 is 0 Å². The number of nitrogens with one attached hydrogen (secondary N) is 1. The third-order valence-electron chi connectivity index (χ3n) is 8.38. The van der Waals surface area contributed by atoms with Gasteiger partial charge in [0.15, 0.2) is 0 Å². The molecule has 1 aromatic rings. The van der Waals surface area contributed by atoms with Crippen LogP contribution in [0.25, 0.3) is 0 Å². The zero-order valence-electron chi connectivity index (χ0n) is 18.0. The Labute approximate surface area is 178 Å². The molecule has 0 aromatic carbocycles. The van der Waals surface area contributed by atoms with Crippen LogP contribution in [0, 0.1) is 23.2 Å². The first-order valence-electron chi connectivity index (χ1n) is 11.4. The van der Waals surface area contributed by atoms with Crippen molar-refractivity contribution < 1.29 is 19.5 Å². The van der Waals surface area contributed by atoms with Crippen molar-refractivity contribution in [3.8, 4) is 0 Å². The average Bonchev–Trinajstić information content (AvgIpc) is 3.07. The number of anilines is 1. The molecule has 1 saturated carbocycles. The molecule has 30 heavy (non-hydrogen) atoms. The number of allylic oxidation sites excluding steroid dienone is 1. The Hall–Kier alpha value is -1.99. The van der Waals surface area contributed by atoms with E-state index in [4.69, 9.17) is 4.74 Å². The fourth-order valence-electron chi connectivity index (χ4n) is 6.29. The fourth-order valence-corrected chi connectivity index (χ4v) is 6.29. The highest BCUT2D eigenvalue weighted by Gasteiger charge is 2.60. The maximum atomic E-state index is 12.8. The van der Waals surface area contributed by atoms with Gasteiger partial charge in [0.05, 0.1) is 38.8 Å². The Kier molecular flexibility index (Phi) is 5.06. The summed E-state index contributed by atoms with van der Waals surface area (Å²) in [5.41, 5.74) is 1.07. The summed E-state index contributed by atoms with van der Waals surface area (Å²) in [7, 11) is 0. The number of quaternary nitrogens is 1. The predicted molar refractivity (Wildman–Crippen MR) is 112 cm³/mol. The van der Waals surface area contributed by atoms with Crippen LogP contribution in [0.1, 0.15) is 33.1 Å². The van der Waals surface area contributed by atoms with E-state index < -0.39 is 6.10 Å². The molecule has 5 rings (SSSR count). The van der Waals surface area contributed by atoms with Gasteiger partial charge < -0.3 is 19.6 Å². The molecule has 1 aromatic heterocycles. The Balaban J connectivity index is 1.28. The molecule has 7 nitrogen and oxygen atoms in total. The molecule has 6 atom stereocenters. The summed E-state index contributed by atoms with van der Waals surface area (Å²) in [4.78, 5) is 25.2. The largest absolute Gasteiger partial charge is 0.461 e. The molecule has 0 unspecified atom stereocenters. The van der Waals surface area contributed by atoms with Gasteiger partial charge in [-0.3, -0.25) is 4.79 Å². The van der Waals surface area contributed by atoms with E-state index in [2.05, 4.69) is 34.8 Å². The van der Waals surface area contributed by atoms with Crippen molar-refractivity contribution in [1.29, 1.82) is 0 Å². The second-order valence-electron chi connectivity index (χ2n) is 9.79. The van der Waals surface area contributed by atoms with Crippen molar-refractivity contribution in [2.75, 3.05) is 37.6 Å². The van der Waals surface area contributed by atoms with Crippen LogP contribution in [0.3, 0.4) is 0 Å². The van der Waals surface area contributed by atoms with Gasteiger partial charge >= 0.3 is 5.97 Å². The number of piperazine rings is 1. The minimum atomic E-state index is -0.521. The van der Waals surface area contributed by atoms with Crippen molar-refractivity contribution in [3.63, 3.8) is 0 Å². The van der Waals surface area contributed by atoms with Crippen molar-refractivity contribution in [1.82, 2.24) is 9.97 Å². The fraction of sp³-hybridized carbons (Fsp3) is 0.696. The Bertz CT molecular complexity index is 823. The number of nitrogens with zero attached hydrogens (tertiary/aromatic N) is 3. The van der Waals surface area contributed by atoms with Crippen LogP contribution in [-0.2, 0) is 9.53 Å². The molecule has 0 amide bonds. The number of aliphatic hydroxyl groups excluding tert-OH is 1. The summed E-state index contributed by atoms with van der Waals surface area (Å²) in [6.07, 6.45) is 8.10. The summed E-state index contributed by atoms with van der Waals surface area (Å²) >= 11 is 0. The highest BCUT2D eigenvalue weighted by Crippen LogP contribution is 2.55. The second kappa shape index (κ2) is 7.61. The van der Waals surface area contributed by atoms with Gasteiger partial charge in [-0.05, 0) is 24.8 Å². The molecule has 162 valence electrons. The standard InChI is InChI=1S/C23H32N4O3/c1-15-5-3-6-16-13-18-19(20(28)23(15,16)2)17(21(29)30-18)14-26-9-11-27(12-10-26)22-24-7-4-8-25-22/h4,6-8,15,17-20,28H,3,5,9-14H2,1-2H3/p+1/t15-,17+,18+,19+,20-,23+/m0/s1. The number of esters is 1. The van der Waals surface area contributed by atoms with Gasteiger partial charge in [-0.25, -0.2) is 9.97 Å². The summed E-state index contributed by atoms with van der Waals surface area (Å²) in [6.45, 7) is 8.82. The van der Waals surface area contributed by atoms with Crippen LogP contribution >= 0.6 is 0 Å². The summed E-state index contributed by atoms with van der Waals surface area (Å²) in [6, 6.07) is 1.83. The topological polar surface area (TPSA) is 80.0 Å². The van der Waals surface area contributed by atoms with Crippen LogP contribution < -0.4 is 9.80 Å². The lowest BCUT2D eigenvalue weighted by Crippen LogP contribution is -3.15. The van der Waals surface area contributed by atoms with Crippen molar-refractivity contribution in [2.45, 2.75) is 45.3 Å². The summed E-state index contributed by atoms with van der Waals surface area (Å²) in [5, 5.41) is 11.5. The third kappa shape index (κ3) is 3.14. The molecule has 0 radical (unpaired) electrons. The average molecular weight is 414 g/mol. The third-order valence-corrected chi connectivity index (χ3v) is 8.38. The number of aliphatic hydroxyl groups is 1. The van der Waals surface area contributed by atoms with E-state index in [1.54, 1.807) is 12.4 Å². The molecule has 2 saturated heterocycles. The smallest absolute Gasteiger partial charge is 0.315 e. The number of carbonyl (C=O) groups excluding carboxylic acids is 1. The van der Waals surface area contributed by atoms with E-state index in [-0.39, 0.29) is 29.3 Å². The number of hydrogen-bond acceptors (Lipinski definition) is 6. The van der Waals surface area contributed by atoms with E-state index in [0.717, 1.165) is 57.9 Å². The van der Waals surface area contributed by atoms with Crippen LogP contribution in [0.2, 0.25) is 0 Å². The van der Waals surface area contributed by atoms with Gasteiger partial charge in [-0.2, -0.15) is 0 Å². The molecular weight excluding hydrogens is 380 g/mol. The maximum Gasteiger partial charge on any atom is 0.315 e. The first-order valence-corrected chi connectivity index (χ1v) is 11.4. The van der Waals surface area contributed by atoms with E-state index in [0.29, 0.717) is 5.92 Å². The predicted octanol–water partition coefficient (Wildman–Crippen LogP) is 0.467. The van der Waals surface area contributed by atoms with Gasteiger partial charge in [0.1, 0.15) is 12.0 Å². The normalized spacial score (nSPS) is 39.2. The first kappa shape index (κ1) is 19.9. The lowest BCUT2D eigenvalue weighted by Gasteiger charge is -2.51. The Morgan fingerprint density at radius 1 is 1.30 bits per heavy atom. The lowest BCUT2D eigenvalue weighted by molar-refractivity contribution is -0.903.